The fourth-order valence-electron chi connectivity index (χ4n) is 3.32. The summed E-state index contributed by atoms with van der Waals surface area (Å²) in [6, 6.07) is 6.16. The molecule has 135 valence electrons. The van der Waals surface area contributed by atoms with Gasteiger partial charge in [-0.2, -0.15) is 0 Å². The molecule has 2 bridgehead atoms. The molecule has 1 aromatic rings. The number of rotatable bonds is 2. The summed E-state index contributed by atoms with van der Waals surface area (Å²) in [5, 5.41) is 0. The molecular weight excluding hydrogens is 365 g/mol. The molecule has 1 aromatic heterocycles. The van der Waals surface area contributed by atoms with Gasteiger partial charge in [-0.1, -0.05) is 6.07 Å². The molecule has 3 heterocycles. The van der Waals surface area contributed by atoms with Gasteiger partial charge in [-0.15, -0.1) is 11.6 Å². The van der Waals surface area contributed by atoms with Crippen LogP contribution in [0.4, 0.5) is 0 Å². The molecule has 2 aliphatic heterocycles. The Bertz CT molecular complexity index is 477. The predicted molar refractivity (Wildman–Crippen MR) is 94.7 cm³/mol. The van der Waals surface area contributed by atoms with Crippen molar-refractivity contribution >= 4 is 11.6 Å². The van der Waals surface area contributed by atoms with Crippen LogP contribution in [0.5, 0.6) is 0 Å². The Morgan fingerprint density at radius 1 is 1.04 bits per heavy atom. The van der Waals surface area contributed by atoms with Crippen LogP contribution in [0, 0.1) is 0 Å². The van der Waals surface area contributed by atoms with Gasteiger partial charge < -0.3 is 4.90 Å². The van der Waals surface area contributed by atoms with E-state index < -0.39 is 0 Å². The number of hydrogen-bond donors (Lipinski definition) is 0. The summed E-state index contributed by atoms with van der Waals surface area (Å²) in [4.78, 5) is 14.4. The quantitative estimate of drug-likeness (QED) is 0.425. The fraction of sp³-hybridized carbons (Fsp3) is 0.706. The topological polar surface area (TPSA) is 25.9 Å². The van der Waals surface area contributed by atoms with Gasteiger partial charge in [0.1, 0.15) is 0 Å². The van der Waals surface area contributed by atoms with Gasteiger partial charge in [-0.25, -0.2) is 0 Å². The Labute approximate surface area is 161 Å². The monoisotopic (exact) mass is 392 g/mol. The number of alkyl halides is 1. The second-order valence-electron chi connectivity index (χ2n) is 6.67. The molecule has 3 rings (SSSR count). The Hall–Kier alpha value is -0.201. The van der Waals surface area contributed by atoms with Gasteiger partial charge in [0.15, 0.2) is 0 Å². The maximum absolute atomic E-state index is 6.67. The molecule has 0 saturated carbocycles. The molecule has 0 aliphatic carbocycles. The number of fused-ring (bicyclic) bond motifs is 3. The first kappa shape index (κ1) is 20.1. The van der Waals surface area contributed by atoms with Crippen molar-refractivity contribution in [3.05, 3.63) is 30.1 Å². The number of nitrogens with zero attached hydrogens (tertiary/aromatic N) is 5. The molecule has 2 aliphatic rings. The molecular formula is C17H28ClMnN5. The number of halogens is 1. The van der Waals surface area contributed by atoms with Crippen LogP contribution < -0.4 is 0 Å². The molecule has 5 nitrogen and oxygen atoms in total. The zero-order valence-electron chi connectivity index (χ0n) is 14.4. The van der Waals surface area contributed by atoms with E-state index in [1.54, 1.807) is 0 Å². The average molecular weight is 393 g/mol. The Morgan fingerprint density at radius 3 is 2.54 bits per heavy atom. The molecule has 2 saturated heterocycles. The molecule has 7 heteroatoms. The van der Waals surface area contributed by atoms with Crippen molar-refractivity contribution in [2.45, 2.75) is 12.0 Å². The van der Waals surface area contributed by atoms with Crippen LogP contribution in [0.2, 0.25) is 0 Å². The van der Waals surface area contributed by atoms with E-state index in [0.717, 1.165) is 71.1 Å². The molecule has 0 spiro atoms. The van der Waals surface area contributed by atoms with Gasteiger partial charge >= 0.3 is 0 Å². The molecule has 0 N–H and O–H groups in total. The zero-order valence-corrected chi connectivity index (χ0v) is 16.4. The summed E-state index contributed by atoms with van der Waals surface area (Å²) in [5.41, 5.74) is 1.26. The SMILES string of the molecule is CN1CCN2CCN(Cc3ccccn3)CCN(CC2)C(Cl)C1.[Mn]. The minimum atomic E-state index is 0. The van der Waals surface area contributed by atoms with E-state index >= 15 is 0 Å². The van der Waals surface area contributed by atoms with Crippen molar-refractivity contribution in [2.75, 3.05) is 66.0 Å². The van der Waals surface area contributed by atoms with Crippen molar-refractivity contribution in [2.24, 2.45) is 0 Å². The minimum absolute atomic E-state index is 0. The van der Waals surface area contributed by atoms with Crippen LogP contribution in [0.3, 0.4) is 0 Å². The first-order valence-corrected chi connectivity index (χ1v) is 9.05. The van der Waals surface area contributed by atoms with Crippen LogP contribution in [0.25, 0.3) is 0 Å². The average Bonchev–Trinajstić information content (AvgIpc) is 2.68. The Kier molecular flexibility index (Phi) is 8.44. The summed E-state index contributed by atoms with van der Waals surface area (Å²) in [6.07, 6.45) is 1.88. The molecule has 0 amide bonds. The van der Waals surface area contributed by atoms with Crippen molar-refractivity contribution in [3.8, 4) is 0 Å². The predicted octanol–water partition coefficient (Wildman–Crippen LogP) is 1.01. The third kappa shape index (κ3) is 5.95. The van der Waals surface area contributed by atoms with Gasteiger partial charge in [0.05, 0.1) is 11.2 Å². The van der Waals surface area contributed by atoms with Crippen LogP contribution >= 0.6 is 11.6 Å². The molecule has 3 atom stereocenters. The van der Waals surface area contributed by atoms with Gasteiger partial charge in [0, 0.05) is 88.7 Å². The maximum atomic E-state index is 6.67. The first-order valence-electron chi connectivity index (χ1n) is 8.62. The second kappa shape index (κ2) is 10.1. The minimum Gasteiger partial charge on any atom is -0.302 e. The van der Waals surface area contributed by atoms with Crippen molar-refractivity contribution in [3.63, 3.8) is 0 Å². The van der Waals surface area contributed by atoms with Crippen LogP contribution in [-0.4, -0.2) is 96.0 Å². The summed E-state index contributed by atoms with van der Waals surface area (Å²) in [7, 11) is 2.18. The number of pyridine rings is 1. The van der Waals surface area contributed by atoms with E-state index in [1.165, 1.54) is 0 Å². The standard InChI is InChI=1S/C17H28ClN5.Mn/c1-20-6-7-21-8-9-22(14-16-4-2-3-5-19-16)11-13-23(12-10-21)17(18)15-20;/h2-5,17H,6-15H2,1H3;. The molecule has 1 radical (unpaired) electrons. The smallest absolute Gasteiger partial charge is 0.0979 e. The molecule has 3 unspecified atom stereocenters. The number of likely N-dealkylation sites (N-methyl/N-ethyl adjacent to an activating group) is 1. The zero-order chi connectivity index (χ0) is 16.1. The molecule has 2 fully saturated rings. The van der Waals surface area contributed by atoms with Gasteiger partial charge in [0.2, 0.25) is 0 Å². The largest absolute Gasteiger partial charge is 0.302 e. The second-order valence-corrected chi connectivity index (χ2v) is 7.18. The Balaban J connectivity index is 0.00000208. The summed E-state index contributed by atoms with van der Waals surface area (Å²) in [5.74, 6) is 0. The summed E-state index contributed by atoms with van der Waals surface area (Å²) >= 11 is 6.67. The molecule has 24 heavy (non-hydrogen) atoms. The van der Waals surface area contributed by atoms with Crippen molar-refractivity contribution in [1.29, 1.82) is 0 Å². The van der Waals surface area contributed by atoms with Gasteiger partial charge in [-0.05, 0) is 19.2 Å². The summed E-state index contributed by atoms with van der Waals surface area (Å²) in [6.45, 7) is 10.6. The van der Waals surface area contributed by atoms with E-state index in [4.69, 9.17) is 11.6 Å². The Morgan fingerprint density at radius 2 is 1.75 bits per heavy atom. The molecule has 0 aromatic carbocycles. The fourth-order valence-corrected chi connectivity index (χ4v) is 3.75. The van der Waals surface area contributed by atoms with E-state index in [0.29, 0.717) is 0 Å². The third-order valence-electron chi connectivity index (χ3n) is 4.91. The van der Waals surface area contributed by atoms with E-state index in [-0.39, 0.29) is 22.6 Å². The van der Waals surface area contributed by atoms with Crippen molar-refractivity contribution < 1.29 is 17.1 Å². The van der Waals surface area contributed by atoms with Crippen LogP contribution in [0.15, 0.2) is 24.4 Å². The van der Waals surface area contributed by atoms with Crippen LogP contribution in [-0.2, 0) is 23.6 Å². The summed E-state index contributed by atoms with van der Waals surface area (Å²) < 4.78 is 0. The van der Waals surface area contributed by atoms with E-state index in [9.17, 15) is 0 Å². The normalized spacial score (nSPS) is 30.2. The maximum Gasteiger partial charge on any atom is 0.0979 e. The number of aromatic nitrogens is 1. The van der Waals surface area contributed by atoms with Crippen molar-refractivity contribution in [1.82, 2.24) is 24.6 Å². The van der Waals surface area contributed by atoms with Gasteiger partial charge in [0.25, 0.3) is 0 Å². The van der Waals surface area contributed by atoms with Crippen LogP contribution in [0.1, 0.15) is 5.69 Å². The first-order chi connectivity index (χ1) is 11.2. The van der Waals surface area contributed by atoms with E-state index in [1.807, 2.05) is 12.3 Å². The van der Waals surface area contributed by atoms with E-state index in [2.05, 4.69) is 43.8 Å². The van der Waals surface area contributed by atoms with Gasteiger partial charge in [-0.3, -0.25) is 19.7 Å². The third-order valence-corrected chi connectivity index (χ3v) is 5.32. The number of hydrogen-bond acceptors (Lipinski definition) is 5.